The molecule has 0 aromatic heterocycles. The van der Waals surface area contributed by atoms with Gasteiger partial charge in [0.2, 0.25) is 0 Å². The van der Waals surface area contributed by atoms with Gasteiger partial charge in [0.15, 0.2) is 0 Å². The Morgan fingerprint density at radius 3 is 2.38 bits per heavy atom. The zero-order chi connectivity index (χ0) is 10.5. The summed E-state index contributed by atoms with van der Waals surface area (Å²) >= 11 is 0. The second-order valence-electron chi connectivity index (χ2n) is 2.88. The molecule has 0 saturated carbocycles. The number of nitrogens with one attached hydrogen (secondary N) is 1. The number of carbonyl (C=O) groups excluding carboxylic acids is 1. The van der Waals surface area contributed by atoms with Crippen LogP contribution in [0.5, 0.6) is 0 Å². The average Bonchev–Trinajstić information content (AvgIpc) is 1.95. The highest BCUT2D eigenvalue weighted by atomic mass is 19.4. The number of rotatable bonds is 3. The summed E-state index contributed by atoms with van der Waals surface area (Å²) in [6.07, 6.45) is -1.57. The first-order valence-corrected chi connectivity index (χ1v) is 3.85. The second-order valence-corrected chi connectivity index (χ2v) is 2.88. The van der Waals surface area contributed by atoms with Crippen molar-refractivity contribution in [3.8, 4) is 0 Å². The molecule has 0 aliphatic carbocycles. The van der Waals surface area contributed by atoms with Gasteiger partial charge in [-0.15, -0.1) is 0 Å². The molecule has 0 spiro atoms. The molecular weight excluding hydrogens is 183 g/mol. The lowest BCUT2D eigenvalue weighted by molar-refractivity contribution is -0.173. The van der Waals surface area contributed by atoms with E-state index in [1.807, 2.05) is 13.8 Å². The molecule has 0 rings (SSSR count). The topological polar surface area (TPSA) is 29.1 Å². The summed E-state index contributed by atoms with van der Waals surface area (Å²) in [6.45, 7) is 3.70. The first-order valence-electron chi connectivity index (χ1n) is 3.85. The van der Waals surface area contributed by atoms with Crippen molar-refractivity contribution in [3.05, 3.63) is 12.2 Å². The van der Waals surface area contributed by atoms with Gasteiger partial charge in [-0.3, -0.25) is 4.79 Å². The number of carbonyl (C=O) groups is 1. The summed E-state index contributed by atoms with van der Waals surface area (Å²) in [7, 11) is 0. The third kappa shape index (κ3) is 6.19. The first kappa shape index (κ1) is 12.0. The van der Waals surface area contributed by atoms with Crippen LogP contribution in [0.4, 0.5) is 13.2 Å². The highest BCUT2D eigenvalue weighted by Gasteiger charge is 2.37. The van der Waals surface area contributed by atoms with Crippen LogP contribution in [-0.4, -0.2) is 18.6 Å². The summed E-state index contributed by atoms with van der Waals surface area (Å²) in [5.41, 5.74) is 0. The summed E-state index contributed by atoms with van der Waals surface area (Å²) in [4.78, 5) is 10.2. The van der Waals surface area contributed by atoms with Gasteiger partial charge < -0.3 is 5.32 Å². The maximum absolute atomic E-state index is 11.6. The van der Waals surface area contributed by atoms with E-state index < -0.39 is 12.1 Å². The van der Waals surface area contributed by atoms with E-state index in [4.69, 9.17) is 0 Å². The molecule has 0 saturated heterocycles. The fraction of sp³-hybridized carbons (Fsp3) is 0.625. The van der Waals surface area contributed by atoms with Gasteiger partial charge in [-0.2, -0.15) is 13.2 Å². The molecule has 0 aromatic carbocycles. The second kappa shape index (κ2) is 4.89. The third-order valence-corrected chi connectivity index (χ3v) is 1.16. The van der Waals surface area contributed by atoms with E-state index in [1.54, 1.807) is 11.4 Å². The lowest BCUT2D eigenvalue weighted by atomic mass is 10.2. The molecule has 76 valence electrons. The summed E-state index contributed by atoms with van der Waals surface area (Å²) in [6, 6.07) is 0. The smallest absolute Gasteiger partial charge is 0.345 e. The molecule has 13 heavy (non-hydrogen) atoms. The Morgan fingerprint density at radius 1 is 1.46 bits per heavy atom. The zero-order valence-corrected chi connectivity index (χ0v) is 7.48. The van der Waals surface area contributed by atoms with Crippen LogP contribution in [0, 0.1) is 5.92 Å². The van der Waals surface area contributed by atoms with Gasteiger partial charge in [0, 0.05) is 6.54 Å². The van der Waals surface area contributed by atoms with Crippen LogP contribution in [-0.2, 0) is 4.79 Å². The summed E-state index contributed by atoms with van der Waals surface area (Å²) in [5, 5.41) is 1.73. The standard InChI is InChI=1S/C8H12F3NO/c1-6(2)4-3-5-12-7(13)8(9,10)11/h3-4,6H,5H2,1-2H3,(H,12,13)/b4-3+. The zero-order valence-electron chi connectivity index (χ0n) is 7.48. The van der Waals surface area contributed by atoms with Crippen molar-refractivity contribution in [2.75, 3.05) is 6.54 Å². The number of hydrogen-bond donors (Lipinski definition) is 1. The molecule has 0 heterocycles. The Kier molecular flexibility index (Phi) is 4.51. The van der Waals surface area contributed by atoms with Gasteiger partial charge >= 0.3 is 12.1 Å². The van der Waals surface area contributed by atoms with Crippen LogP contribution in [0.3, 0.4) is 0 Å². The van der Waals surface area contributed by atoms with Gasteiger partial charge in [-0.25, -0.2) is 0 Å². The molecule has 0 aliphatic heterocycles. The third-order valence-electron chi connectivity index (χ3n) is 1.16. The molecule has 0 fully saturated rings. The lowest BCUT2D eigenvalue weighted by Crippen LogP contribution is -2.36. The van der Waals surface area contributed by atoms with Gasteiger partial charge in [-0.05, 0) is 5.92 Å². The van der Waals surface area contributed by atoms with E-state index in [2.05, 4.69) is 0 Å². The number of hydrogen-bond acceptors (Lipinski definition) is 1. The van der Waals surface area contributed by atoms with Crippen LogP contribution >= 0.6 is 0 Å². The quantitative estimate of drug-likeness (QED) is 0.684. The number of allylic oxidation sites excluding steroid dienone is 1. The highest BCUT2D eigenvalue weighted by Crippen LogP contribution is 2.13. The molecule has 5 heteroatoms. The van der Waals surface area contributed by atoms with Crippen LogP contribution in [0.25, 0.3) is 0 Å². The monoisotopic (exact) mass is 195 g/mol. The van der Waals surface area contributed by atoms with E-state index >= 15 is 0 Å². The fourth-order valence-electron chi connectivity index (χ4n) is 0.592. The normalized spacial score (nSPS) is 12.5. The predicted octanol–water partition coefficient (Wildman–Crippen LogP) is 1.88. The molecule has 0 atom stereocenters. The molecule has 0 aromatic rings. The molecule has 0 radical (unpaired) electrons. The van der Waals surface area contributed by atoms with Gasteiger partial charge in [0.25, 0.3) is 0 Å². The van der Waals surface area contributed by atoms with Crippen LogP contribution in [0.15, 0.2) is 12.2 Å². The Hall–Kier alpha value is -1.00. The molecule has 1 N–H and O–H groups in total. The maximum atomic E-state index is 11.6. The first-order chi connectivity index (χ1) is 5.84. The SMILES string of the molecule is CC(C)/C=C/CNC(=O)C(F)(F)F. The molecular formula is C8H12F3NO. The minimum atomic E-state index is -4.79. The van der Waals surface area contributed by atoms with E-state index in [0.717, 1.165) is 0 Å². The number of alkyl halides is 3. The van der Waals surface area contributed by atoms with E-state index in [9.17, 15) is 18.0 Å². The number of amides is 1. The molecule has 0 bridgehead atoms. The Bertz CT molecular complexity index is 196. The van der Waals surface area contributed by atoms with Crippen molar-refractivity contribution >= 4 is 5.91 Å². The van der Waals surface area contributed by atoms with Gasteiger partial charge in [0.05, 0.1) is 0 Å². The van der Waals surface area contributed by atoms with E-state index in [-0.39, 0.29) is 12.5 Å². The van der Waals surface area contributed by atoms with Crippen LogP contribution < -0.4 is 5.32 Å². The molecule has 0 unspecified atom stereocenters. The average molecular weight is 195 g/mol. The minimum absolute atomic E-state index is 0.0868. The summed E-state index contributed by atoms with van der Waals surface area (Å²) < 4.78 is 34.8. The van der Waals surface area contributed by atoms with Crippen molar-refractivity contribution in [3.63, 3.8) is 0 Å². The lowest BCUT2D eigenvalue weighted by Gasteiger charge is -2.05. The summed E-state index contributed by atoms with van der Waals surface area (Å²) in [5.74, 6) is -1.64. The highest BCUT2D eigenvalue weighted by molar-refractivity contribution is 5.81. The Balaban J connectivity index is 3.73. The van der Waals surface area contributed by atoms with Crippen LogP contribution in [0.2, 0.25) is 0 Å². The maximum Gasteiger partial charge on any atom is 0.471 e. The molecule has 0 aliphatic rings. The minimum Gasteiger partial charge on any atom is -0.345 e. The van der Waals surface area contributed by atoms with Crippen molar-refractivity contribution in [1.82, 2.24) is 5.32 Å². The van der Waals surface area contributed by atoms with Crippen LogP contribution in [0.1, 0.15) is 13.8 Å². The van der Waals surface area contributed by atoms with E-state index in [0.29, 0.717) is 0 Å². The molecule has 2 nitrogen and oxygen atoms in total. The molecule has 1 amide bonds. The Morgan fingerprint density at radius 2 is 2.00 bits per heavy atom. The largest absolute Gasteiger partial charge is 0.471 e. The van der Waals surface area contributed by atoms with Gasteiger partial charge in [-0.1, -0.05) is 26.0 Å². The Labute approximate surface area is 74.8 Å². The van der Waals surface area contributed by atoms with E-state index in [1.165, 1.54) is 6.08 Å². The number of halogens is 3. The van der Waals surface area contributed by atoms with Crippen molar-refractivity contribution in [1.29, 1.82) is 0 Å². The fourth-order valence-corrected chi connectivity index (χ4v) is 0.592. The van der Waals surface area contributed by atoms with Crippen molar-refractivity contribution in [2.24, 2.45) is 5.92 Å². The van der Waals surface area contributed by atoms with Gasteiger partial charge in [0.1, 0.15) is 0 Å². The van der Waals surface area contributed by atoms with Crippen molar-refractivity contribution < 1.29 is 18.0 Å². The van der Waals surface area contributed by atoms with Crippen molar-refractivity contribution in [2.45, 2.75) is 20.0 Å². The predicted molar refractivity (Wildman–Crippen MR) is 43.0 cm³/mol.